The molecule has 3 aromatic rings. The van der Waals surface area contributed by atoms with Gasteiger partial charge in [-0.2, -0.15) is 10.1 Å². The average molecular weight is 442 g/mol. The third kappa shape index (κ3) is 4.61. The van der Waals surface area contributed by atoms with E-state index in [-0.39, 0.29) is 30.9 Å². The van der Waals surface area contributed by atoms with Gasteiger partial charge in [0.1, 0.15) is 6.33 Å². The minimum absolute atomic E-state index is 0.139. The molecular weight excluding hydrogens is 422 g/mol. The standard InChI is InChI=1S/C21H20ClN5O4/c1-2-30-18-9-13(16-10-19(28)26-21-23-12-24-27(16)21)7-8-17(18)31-11-20(29)25-15-6-4-3-5-14(15)22/h3-9,12,16H,2,10-11H2,1H3,(H,25,29)(H,23,24,26,28)/t16-/m1/s1. The van der Waals surface area contributed by atoms with Gasteiger partial charge in [-0.05, 0) is 36.8 Å². The third-order valence-electron chi connectivity index (χ3n) is 4.66. The number of benzene rings is 2. The number of ether oxygens (including phenoxy) is 2. The molecule has 0 saturated heterocycles. The van der Waals surface area contributed by atoms with Gasteiger partial charge in [0.2, 0.25) is 11.9 Å². The molecule has 0 radical (unpaired) electrons. The summed E-state index contributed by atoms with van der Waals surface area (Å²) in [6, 6.07) is 12.0. The summed E-state index contributed by atoms with van der Waals surface area (Å²) in [6.45, 7) is 2.04. The van der Waals surface area contributed by atoms with Gasteiger partial charge in [0.25, 0.3) is 5.91 Å². The lowest BCUT2D eigenvalue weighted by Gasteiger charge is -2.24. The Morgan fingerprint density at radius 3 is 2.90 bits per heavy atom. The molecule has 9 nitrogen and oxygen atoms in total. The zero-order valence-corrected chi connectivity index (χ0v) is 17.4. The molecule has 4 rings (SSSR count). The molecule has 2 amide bonds. The molecule has 0 spiro atoms. The first-order valence-electron chi connectivity index (χ1n) is 9.68. The van der Waals surface area contributed by atoms with Crippen molar-refractivity contribution in [1.29, 1.82) is 0 Å². The number of hydrogen-bond acceptors (Lipinski definition) is 6. The highest BCUT2D eigenvalue weighted by molar-refractivity contribution is 6.33. The van der Waals surface area contributed by atoms with Crippen LogP contribution in [-0.4, -0.2) is 39.8 Å². The number of hydrogen-bond donors (Lipinski definition) is 2. The zero-order valence-electron chi connectivity index (χ0n) is 16.7. The summed E-state index contributed by atoms with van der Waals surface area (Å²) in [5.41, 5.74) is 1.33. The molecule has 0 unspecified atom stereocenters. The third-order valence-corrected chi connectivity index (χ3v) is 4.99. The molecule has 2 N–H and O–H groups in total. The summed E-state index contributed by atoms with van der Waals surface area (Å²) in [5.74, 6) is 0.795. The van der Waals surface area contributed by atoms with Gasteiger partial charge in [0.05, 0.1) is 29.8 Å². The van der Waals surface area contributed by atoms with Crippen LogP contribution in [0.3, 0.4) is 0 Å². The lowest BCUT2D eigenvalue weighted by Crippen LogP contribution is -2.29. The lowest BCUT2D eigenvalue weighted by atomic mass is 10.0. The Morgan fingerprint density at radius 1 is 1.26 bits per heavy atom. The predicted octanol–water partition coefficient (Wildman–Crippen LogP) is 3.28. The summed E-state index contributed by atoms with van der Waals surface area (Å²) >= 11 is 6.07. The number of nitrogens with zero attached hydrogens (tertiary/aromatic N) is 3. The topological polar surface area (TPSA) is 107 Å². The van der Waals surface area contributed by atoms with E-state index in [1.54, 1.807) is 41.1 Å². The van der Waals surface area contributed by atoms with Crippen LogP contribution in [0.1, 0.15) is 24.9 Å². The normalized spacial score (nSPS) is 15.0. The molecular formula is C21H20ClN5O4. The fraction of sp³-hybridized carbons (Fsp3) is 0.238. The lowest BCUT2D eigenvalue weighted by molar-refractivity contribution is -0.118. The second-order valence-electron chi connectivity index (χ2n) is 6.75. The molecule has 0 saturated carbocycles. The van der Waals surface area contributed by atoms with E-state index < -0.39 is 0 Å². The van der Waals surface area contributed by atoms with Crippen LogP contribution in [-0.2, 0) is 9.59 Å². The van der Waals surface area contributed by atoms with Gasteiger partial charge in [-0.1, -0.05) is 29.8 Å². The van der Waals surface area contributed by atoms with Crippen LogP contribution >= 0.6 is 11.6 Å². The summed E-state index contributed by atoms with van der Waals surface area (Å²) < 4.78 is 13.1. The molecule has 0 bridgehead atoms. The Balaban J connectivity index is 1.50. The van der Waals surface area contributed by atoms with E-state index in [1.807, 2.05) is 13.0 Å². The molecule has 31 heavy (non-hydrogen) atoms. The first kappa shape index (κ1) is 20.7. The Hall–Kier alpha value is -3.59. The zero-order chi connectivity index (χ0) is 21.8. The van der Waals surface area contributed by atoms with Crippen molar-refractivity contribution in [3.8, 4) is 11.5 Å². The first-order chi connectivity index (χ1) is 15.0. The van der Waals surface area contributed by atoms with Crippen LogP contribution in [0.2, 0.25) is 5.02 Å². The van der Waals surface area contributed by atoms with Crippen molar-refractivity contribution in [2.24, 2.45) is 0 Å². The van der Waals surface area contributed by atoms with Crippen molar-refractivity contribution < 1.29 is 19.1 Å². The molecule has 1 aromatic heterocycles. The monoisotopic (exact) mass is 441 g/mol. The highest BCUT2D eigenvalue weighted by Crippen LogP contribution is 2.35. The minimum atomic E-state index is -0.351. The number of anilines is 2. The van der Waals surface area contributed by atoms with E-state index in [4.69, 9.17) is 21.1 Å². The minimum Gasteiger partial charge on any atom is -0.490 e. The van der Waals surface area contributed by atoms with Crippen LogP contribution in [0.25, 0.3) is 0 Å². The summed E-state index contributed by atoms with van der Waals surface area (Å²) in [7, 11) is 0. The molecule has 2 heterocycles. The van der Waals surface area contributed by atoms with Crippen LogP contribution in [0.15, 0.2) is 48.8 Å². The van der Waals surface area contributed by atoms with E-state index in [0.717, 1.165) is 5.56 Å². The number of rotatable bonds is 7. The molecule has 0 fully saturated rings. The average Bonchev–Trinajstić information content (AvgIpc) is 3.22. The Kier molecular flexibility index (Phi) is 6.03. The molecule has 0 aliphatic carbocycles. The van der Waals surface area contributed by atoms with E-state index in [1.165, 1.54) is 6.33 Å². The number of carbonyl (C=O) groups excluding carboxylic acids is 2. The molecule has 1 aliphatic heterocycles. The number of nitrogens with one attached hydrogen (secondary N) is 2. The number of amides is 2. The second kappa shape index (κ2) is 9.05. The highest BCUT2D eigenvalue weighted by atomic mass is 35.5. The highest BCUT2D eigenvalue weighted by Gasteiger charge is 2.28. The summed E-state index contributed by atoms with van der Waals surface area (Å²) in [5, 5.41) is 10.0. The van der Waals surface area contributed by atoms with Crippen molar-refractivity contribution >= 4 is 35.1 Å². The molecule has 160 valence electrons. The van der Waals surface area contributed by atoms with Gasteiger partial charge >= 0.3 is 0 Å². The fourth-order valence-electron chi connectivity index (χ4n) is 3.28. The van der Waals surface area contributed by atoms with Crippen molar-refractivity contribution in [3.63, 3.8) is 0 Å². The van der Waals surface area contributed by atoms with Gasteiger partial charge < -0.3 is 14.8 Å². The van der Waals surface area contributed by atoms with Crippen LogP contribution < -0.4 is 20.1 Å². The largest absolute Gasteiger partial charge is 0.490 e. The number of carbonyl (C=O) groups is 2. The van der Waals surface area contributed by atoms with Crippen LogP contribution in [0.5, 0.6) is 11.5 Å². The first-order valence-corrected chi connectivity index (χ1v) is 10.1. The Bertz CT molecular complexity index is 1120. The predicted molar refractivity (Wildman–Crippen MR) is 115 cm³/mol. The molecule has 1 aliphatic rings. The van der Waals surface area contributed by atoms with Gasteiger partial charge in [0.15, 0.2) is 18.1 Å². The van der Waals surface area contributed by atoms with Crippen molar-refractivity contribution in [1.82, 2.24) is 14.8 Å². The maximum Gasteiger partial charge on any atom is 0.262 e. The number of fused-ring (bicyclic) bond motifs is 1. The van der Waals surface area contributed by atoms with Gasteiger partial charge in [-0.25, -0.2) is 4.68 Å². The molecule has 2 aromatic carbocycles. The van der Waals surface area contributed by atoms with Gasteiger partial charge in [-0.15, -0.1) is 0 Å². The van der Waals surface area contributed by atoms with Crippen LogP contribution in [0, 0.1) is 0 Å². The molecule has 1 atom stereocenters. The van der Waals surface area contributed by atoms with Crippen molar-refractivity contribution in [2.75, 3.05) is 23.8 Å². The maximum atomic E-state index is 12.3. The smallest absolute Gasteiger partial charge is 0.262 e. The Labute approximate surface area is 183 Å². The summed E-state index contributed by atoms with van der Waals surface area (Å²) in [6.07, 6.45) is 1.62. The number of aromatic nitrogens is 3. The van der Waals surface area contributed by atoms with Crippen LogP contribution in [0.4, 0.5) is 11.6 Å². The van der Waals surface area contributed by atoms with E-state index >= 15 is 0 Å². The second-order valence-corrected chi connectivity index (χ2v) is 7.16. The van der Waals surface area contributed by atoms with E-state index in [9.17, 15) is 9.59 Å². The van der Waals surface area contributed by atoms with Gasteiger partial charge in [-0.3, -0.25) is 14.9 Å². The SMILES string of the molecule is CCOc1cc([C@H]2CC(=O)Nc3ncnn32)ccc1OCC(=O)Nc1ccccc1Cl. The summed E-state index contributed by atoms with van der Waals surface area (Å²) in [4.78, 5) is 28.4. The maximum absolute atomic E-state index is 12.3. The fourth-order valence-corrected chi connectivity index (χ4v) is 3.46. The van der Waals surface area contributed by atoms with E-state index in [0.29, 0.717) is 34.8 Å². The Morgan fingerprint density at radius 2 is 2.10 bits per heavy atom. The quantitative estimate of drug-likeness (QED) is 0.582. The number of para-hydroxylation sites is 1. The van der Waals surface area contributed by atoms with Crippen molar-refractivity contribution in [3.05, 3.63) is 59.4 Å². The van der Waals surface area contributed by atoms with Gasteiger partial charge in [0, 0.05) is 0 Å². The van der Waals surface area contributed by atoms with E-state index in [2.05, 4.69) is 20.7 Å². The van der Waals surface area contributed by atoms with Crippen molar-refractivity contribution in [2.45, 2.75) is 19.4 Å². The number of halogens is 1. The molecule has 10 heteroatoms.